The number of rotatable bonds is 3. The summed E-state index contributed by atoms with van der Waals surface area (Å²) in [6, 6.07) is 0. The van der Waals surface area contributed by atoms with Crippen molar-refractivity contribution in [2.75, 3.05) is 19.9 Å². The highest BCUT2D eigenvalue weighted by atomic mass is 32.2. The number of ether oxygens (including phenoxy) is 2. The summed E-state index contributed by atoms with van der Waals surface area (Å²) in [6.45, 7) is 2.89. The topological polar surface area (TPSA) is 129 Å². The molecule has 0 fully saturated rings. The first-order valence-electron chi connectivity index (χ1n) is 6.04. The first-order chi connectivity index (χ1) is 10.2. The van der Waals surface area contributed by atoms with Gasteiger partial charge in [0, 0.05) is 7.05 Å². The summed E-state index contributed by atoms with van der Waals surface area (Å²) < 4.78 is 34.6. The quantitative estimate of drug-likeness (QED) is 0.719. The monoisotopic (exact) mass is 352 g/mol. The number of hydrogen-bond acceptors (Lipinski definition) is 8. The highest BCUT2D eigenvalue weighted by molar-refractivity contribution is 8.14. The van der Waals surface area contributed by atoms with E-state index in [4.69, 9.17) is 10.1 Å². The van der Waals surface area contributed by atoms with Crippen LogP contribution in [0.25, 0.3) is 0 Å². The summed E-state index contributed by atoms with van der Waals surface area (Å²) in [7, 11) is -3.15. The Labute approximate surface area is 132 Å². The zero-order chi connectivity index (χ0) is 17.1. The molecule has 0 spiro atoms. The molecule has 0 radical (unpaired) electrons. The summed E-state index contributed by atoms with van der Waals surface area (Å²) in [6.07, 6.45) is -1.14. The van der Waals surface area contributed by atoms with Crippen LogP contribution in [0, 0.1) is 5.41 Å². The number of thioether (sulfide) groups is 1. The van der Waals surface area contributed by atoms with Gasteiger partial charge in [0.05, 0.1) is 6.61 Å². The third-order valence-corrected chi connectivity index (χ3v) is 4.98. The Morgan fingerprint density at radius 3 is 2.55 bits per heavy atom. The molecule has 10 nitrogen and oxygen atoms in total. The fourth-order valence-corrected chi connectivity index (χ4v) is 3.31. The van der Waals surface area contributed by atoms with Gasteiger partial charge in [0.15, 0.2) is 11.3 Å². The van der Waals surface area contributed by atoms with E-state index in [0.29, 0.717) is 0 Å². The lowest BCUT2D eigenvalue weighted by atomic mass is 10.4. The Balaban J connectivity index is 3.00. The van der Waals surface area contributed by atoms with E-state index < -0.39 is 34.3 Å². The Hall–Kier alpha value is -1.82. The molecule has 0 aromatic heterocycles. The molecule has 0 aromatic carbocycles. The molecular weight excluding hydrogens is 336 g/mol. The summed E-state index contributed by atoms with van der Waals surface area (Å²) in [5, 5.41) is 7.63. The number of guanidine groups is 1. The van der Waals surface area contributed by atoms with Gasteiger partial charge >= 0.3 is 22.3 Å². The van der Waals surface area contributed by atoms with Gasteiger partial charge in [0.1, 0.15) is 0 Å². The van der Waals surface area contributed by atoms with Crippen LogP contribution in [0.3, 0.4) is 0 Å². The molecule has 1 aliphatic rings. The van der Waals surface area contributed by atoms with Gasteiger partial charge in [-0.1, -0.05) is 11.8 Å². The Morgan fingerprint density at radius 1 is 1.45 bits per heavy atom. The standard InChI is InChI=1S/C10H16N4O6S2/c1-5-19-7(15)6(2)20-10(16)14-8(11)12-9(21-4)13(3)22(14,17)18/h6,11H,5H2,1-4H3. The molecule has 1 heterocycles. The molecule has 1 aliphatic heterocycles. The maximum Gasteiger partial charge on any atom is 0.433 e. The molecule has 1 N–H and O–H groups in total. The lowest BCUT2D eigenvalue weighted by Gasteiger charge is -2.31. The molecule has 12 heteroatoms. The number of carbonyl (C=O) groups excluding carboxylic acids is 2. The average Bonchev–Trinajstić information content (AvgIpc) is 2.42. The van der Waals surface area contributed by atoms with E-state index >= 15 is 0 Å². The number of aliphatic imine (C=N–C) groups is 1. The third-order valence-electron chi connectivity index (χ3n) is 2.48. The van der Waals surface area contributed by atoms with Gasteiger partial charge in [-0.3, -0.25) is 5.41 Å². The molecule has 1 atom stereocenters. The highest BCUT2D eigenvalue weighted by Gasteiger charge is 2.42. The number of carbonyl (C=O) groups is 2. The van der Waals surface area contributed by atoms with Crippen molar-refractivity contribution in [1.82, 2.24) is 8.61 Å². The van der Waals surface area contributed by atoms with E-state index in [2.05, 4.69) is 9.73 Å². The van der Waals surface area contributed by atoms with Gasteiger partial charge in [-0.25, -0.2) is 13.9 Å². The molecule has 0 saturated heterocycles. The molecule has 0 aromatic rings. The minimum atomic E-state index is -4.33. The summed E-state index contributed by atoms with van der Waals surface area (Å²) in [5.74, 6) is -1.64. The molecular formula is C10H16N4O6S2. The van der Waals surface area contributed by atoms with Gasteiger partial charge in [-0.15, -0.1) is 4.31 Å². The molecule has 22 heavy (non-hydrogen) atoms. The maximum atomic E-state index is 12.2. The third kappa shape index (κ3) is 3.50. The number of amides is 1. The van der Waals surface area contributed by atoms with Crippen molar-refractivity contribution in [3.63, 3.8) is 0 Å². The van der Waals surface area contributed by atoms with E-state index in [1.807, 2.05) is 0 Å². The van der Waals surface area contributed by atoms with E-state index in [0.717, 1.165) is 16.1 Å². The van der Waals surface area contributed by atoms with Gasteiger partial charge in [0.25, 0.3) is 0 Å². The van der Waals surface area contributed by atoms with E-state index in [1.54, 1.807) is 13.2 Å². The molecule has 0 aliphatic carbocycles. The van der Waals surface area contributed by atoms with Crippen LogP contribution in [-0.4, -0.2) is 66.2 Å². The van der Waals surface area contributed by atoms with Crippen molar-refractivity contribution in [1.29, 1.82) is 5.41 Å². The van der Waals surface area contributed by atoms with Crippen molar-refractivity contribution < 1.29 is 27.5 Å². The summed E-state index contributed by atoms with van der Waals surface area (Å²) in [4.78, 5) is 27.0. The molecule has 124 valence electrons. The Morgan fingerprint density at radius 2 is 2.05 bits per heavy atom. The van der Waals surface area contributed by atoms with Gasteiger partial charge in [0.2, 0.25) is 5.96 Å². The van der Waals surface area contributed by atoms with Crippen LogP contribution >= 0.6 is 11.8 Å². The maximum absolute atomic E-state index is 12.2. The van der Waals surface area contributed by atoms with Gasteiger partial charge < -0.3 is 9.47 Å². The molecule has 1 rings (SSSR count). The predicted molar refractivity (Wildman–Crippen MR) is 79.8 cm³/mol. The van der Waals surface area contributed by atoms with Crippen LogP contribution in [0.4, 0.5) is 4.79 Å². The number of esters is 1. The zero-order valence-electron chi connectivity index (χ0n) is 12.4. The molecule has 0 saturated carbocycles. The van der Waals surface area contributed by atoms with E-state index in [9.17, 15) is 18.0 Å². The first kappa shape index (κ1) is 18.2. The highest BCUT2D eigenvalue weighted by Crippen LogP contribution is 2.20. The normalized spacial score (nSPS) is 18.5. The van der Waals surface area contributed by atoms with E-state index in [1.165, 1.54) is 14.0 Å². The fraction of sp³-hybridized carbons (Fsp3) is 0.600. The van der Waals surface area contributed by atoms with Crippen LogP contribution in [-0.2, 0) is 24.5 Å². The summed E-state index contributed by atoms with van der Waals surface area (Å²) >= 11 is 1.00. The predicted octanol–water partition coefficient (Wildman–Crippen LogP) is 0.221. The van der Waals surface area contributed by atoms with Gasteiger partial charge in [-0.05, 0) is 20.1 Å². The van der Waals surface area contributed by atoms with Crippen LogP contribution in [0.15, 0.2) is 4.99 Å². The fourth-order valence-electron chi connectivity index (χ4n) is 1.40. The minimum Gasteiger partial charge on any atom is -0.463 e. The Kier molecular flexibility index (Phi) is 5.77. The van der Waals surface area contributed by atoms with Crippen molar-refractivity contribution in [2.24, 2.45) is 4.99 Å². The van der Waals surface area contributed by atoms with Crippen LogP contribution < -0.4 is 0 Å². The zero-order valence-corrected chi connectivity index (χ0v) is 14.0. The second-order valence-corrected chi connectivity index (χ2v) is 6.52. The van der Waals surface area contributed by atoms with E-state index in [-0.39, 0.29) is 16.1 Å². The number of amidine groups is 1. The van der Waals surface area contributed by atoms with Crippen LogP contribution in [0.5, 0.6) is 0 Å². The molecule has 1 amide bonds. The number of nitrogens with one attached hydrogen (secondary N) is 1. The average molecular weight is 352 g/mol. The number of hydrogen-bond donors (Lipinski definition) is 1. The lowest BCUT2D eigenvalue weighted by molar-refractivity contribution is -0.152. The van der Waals surface area contributed by atoms with Crippen LogP contribution in [0.2, 0.25) is 0 Å². The lowest BCUT2D eigenvalue weighted by Crippen LogP contribution is -2.53. The second-order valence-electron chi connectivity index (χ2n) is 3.94. The Bertz CT molecular complexity index is 617. The van der Waals surface area contributed by atoms with Crippen molar-refractivity contribution in [3.8, 4) is 0 Å². The minimum absolute atomic E-state index is 0.0347. The summed E-state index contributed by atoms with van der Waals surface area (Å²) in [5.41, 5.74) is 0. The van der Waals surface area contributed by atoms with Gasteiger partial charge in [-0.2, -0.15) is 13.4 Å². The molecule has 1 unspecified atom stereocenters. The first-order valence-corrected chi connectivity index (χ1v) is 8.66. The second kappa shape index (κ2) is 6.96. The van der Waals surface area contributed by atoms with Crippen LogP contribution in [0.1, 0.15) is 13.8 Å². The SMILES string of the molecule is CCOC(=O)C(C)OC(=O)N1C(=N)N=C(SC)N(C)S1(=O)=O. The van der Waals surface area contributed by atoms with Crippen molar-refractivity contribution in [3.05, 3.63) is 0 Å². The largest absolute Gasteiger partial charge is 0.463 e. The van der Waals surface area contributed by atoms with Crippen molar-refractivity contribution >= 4 is 45.2 Å². The van der Waals surface area contributed by atoms with Crippen molar-refractivity contribution in [2.45, 2.75) is 20.0 Å². The number of nitrogens with zero attached hydrogens (tertiary/aromatic N) is 3. The smallest absolute Gasteiger partial charge is 0.433 e. The molecule has 0 bridgehead atoms.